The van der Waals surface area contributed by atoms with E-state index in [2.05, 4.69) is 5.32 Å². The Bertz CT molecular complexity index is 1230. The number of nitrogens with one attached hydrogen (secondary N) is 1. The molecular formula is C30H39N3O6S. The van der Waals surface area contributed by atoms with Gasteiger partial charge in [0.15, 0.2) is 11.5 Å². The Hall–Kier alpha value is -3.76. The average Bonchev–Trinajstić information content (AvgIpc) is 3.37. The van der Waals surface area contributed by atoms with Crippen molar-refractivity contribution in [1.29, 1.82) is 0 Å². The molecule has 0 saturated heterocycles. The molecule has 0 aliphatic carbocycles. The second kappa shape index (κ2) is 15.7. The third-order valence-corrected chi connectivity index (χ3v) is 7.38. The van der Waals surface area contributed by atoms with E-state index in [9.17, 15) is 9.59 Å². The SMILES string of the molecule is CCOc1ccc(NC(=O)N(CCOC)CC(=O)N(CCc2ccc(OC)c(OC)c2)Cc2sccc2C)cc1. The van der Waals surface area contributed by atoms with Crippen molar-refractivity contribution < 1.29 is 28.5 Å². The summed E-state index contributed by atoms with van der Waals surface area (Å²) in [6.45, 7) is 5.95. The number of rotatable bonds is 15. The van der Waals surface area contributed by atoms with Gasteiger partial charge >= 0.3 is 6.03 Å². The number of carbonyl (C=O) groups excluding carboxylic acids is 2. The standard InChI is InChI=1S/C30H39N3O6S/c1-6-39-25-10-8-24(9-11-25)31-30(35)33(16-17-36-3)21-29(34)32(20-28-22(2)14-18-40-28)15-13-23-7-12-26(37-4)27(19-23)38-5/h7-12,14,18-19H,6,13,15-17,20-21H2,1-5H3,(H,31,35). The highest BCUT2D eigenvalue weighted by Gasteiger charge is 2.23. The highest BCUT2D eigenvalue weighted by Crippen LogP contribution is 2.28. The first-order valence-electron chi connectivity index (χ1n) is 13.2. The highest BCUT2D eigenvalue weighted by atomic mass is 32.1. The number of thiophene rings is 1. The van der Waals surface area contributed by atoms with Gasteiger partial charge in [0.05, 0.1) is 34.0 Å². The van der Waals surface area contributed by atoms with Crippen molar-refractivity contribution in [3.8, 4) is 17.2 Å². The first-order chi connectivity index (χ1) is 19.4. The summed E-state index contributed by atoms with van der Waals surface area (Å²) in [5, 5.41) is 4.91. The van der Waals surface area contributed by atoms with Crippen LogP contribution in [0.5, 0.6) is 17.2 Å². The van der Waals surface area contributed by atoms with Gasteiger partial charge < -0.3 is 34.1 Å². The summed E-state index contributed by atoms with van der Waals surface area (Å²) in [6, 6.07) is 14.6. The van der Waals surface area contributed by atoms with Crippen LogP contribution in [0, 0.1) is 6.92 Å². The molecule has 9 nitrogen and oxygen atoms in total. The number of urea groups is 1. The molecule has 3 aromatic rings. The van der Waals surface area contributed by atoms with Crippen molar-refractivity contribution >= 4 is 29.0 Å². The Balaban J connectivity index is 1.74. The maximum absolute atomic E-state index is 13.7. The van der Waals surface area contributed by atoms with E-state index in [1.165, 1.54) is 4.90 Å². The summed E-state index contributed by atoms with van der Waals surface area (Å²) in [5.41, 5.74) is 2.77. The van der Waals surface area contributed by atoms with E-state index >= 15 is 0 Å². The van der Waals surface area contributed by atoms with Crippen LogP contribution in [-0.2, 0) is 22.5 Å². The van der Waals surface area contributed by atoms with Crippen LogP contribution in [0.3, 0.4) is 0 Å². The molecule has 0 radical (unpaired) electrons. The Morgan fingerprint density at radius 3 is 2.30 bits per heavy atom. The summed E-state index contributed by atoms with van der Waals surface area (Å²) in [6.07, 6.45) is 0.618. The average molecular weight is 570 g/mol. The molecule has 0 spiro atoms. The lowest BCUT2D eigenvalue weighted by Gasteiger charge is -2.28. The predicted molar refractivity (Wildman–Crippen MR) is 158 cm³/mol. The molecule has 216 valence electrons. The van der Waals surface area contributed by atoms with Gasteiger partial charge in [0.25, 0.3) is 0 Å². The van der Waals surface area contributed by atoms with E-state index < -0.39 is 0 Å². The van der Waals surface area contributed by atoms with Gasteiger partial charge in [0.1, 0.15) is 12.3 Å². The predicted octanol–water partition coefficient (Wildman–Crippen LogP) is 5.22. The van der Waals surface area contributed by atoms with Crippen molar-refractivity contribution in [1.82, 2.24) is 9.80 Å². The zero-order valence-corrected chi connectivity index (χ0v) is 24.7. The molecule has 10 heteroatoms. The zero-order valence-electron chi connectivity index (χ0n) is 23.9. The van der Waals surface area contributed by atoms with E-state index in [-0.39, 0.29) is 25.0 Å². The number of hydrogen-bond acceptors (Lipinski definition) is 7. The largest absolute Gasteiger partial charge is 0.494 e. The highest BCUT2D eigenvalue weighted by molar-refractivity contribution is 7.10. The molecule has 0 saturated carbocycles. The maximum atomic E-state index is 13.7. The minimum Gasteiger partial charge on any atom is -0.494 e. The molecule has 0 aliphatic rings. The fourth-order valence-electron chi connectivity index (χ4n) is 4.05. The van der Waals surface area contributed by atoms with Gasteiger partial charge in [0.2, 0.25) is 5.91 Å². The van der Waals surface area contributed by atoms with E-state index in [0.29, 0.717) is 49.9 Å². The smallest absolute Gasteiger partial charge is 0.322 e. The Kier molecular flexibility index (Phi) is 12.1. The Labute approximate surface area is 240 Å². The molecule has 3 rings (SSSR count). The minimum absolute atomic E-state index is 0.0808. The van der Waals surface area contributed by atoms with Gasteiger partial charge in [-0.2, -0.15) is 0 Å². The summed E-state index contributed by atoms with van der Waals surface area (Å²) in [5.74, 6) is 1.87. The lowest BCUT2D eigenvalue weighted by Crippen LogP contribution is -2.46. The first-order valence-corrected chi connectivity index (χ1v) is 14.1. The van der Waals surface area contributed by atoms with Gasteiger partial charge in [0, 0.05) is 30.8 Å². The van der Waals surface area contributed by atoms with E-state index in [4.69, 9.17) is 18.9 Å². The number of benzene rings is 2. The van der Waals surface area contributed by atoms with E-state index in [1.54, 1.807) is 61.8 Å². The van der Waals surface area contributed by atoms with Gasteiger partial charge in [-0.15, -0.1) is 11.3 Å². The second-order valence-corrected chi connectivity index (χ2v) is 10.1. The van der Waals surface area contributed by atoms with Gasteiger partial charge in [-0.05, 0) is 79.2 Å². The van der Waals surface area contributed by atoms with Crippen molar-refractivity contribution in [2.24, 2.45) is 0 Å². The molecule has 40 heavy (non-hydrogen) atoms. The summed E-state index contributed by atoms with van der Waals surface area (Å²) >= 11 is 1.62. The third kappa shape index (κ3) is 8.89. The zero-order chi connectivity index (χ0) is 28.9. The van der Waals surface area contributed by atoms with Crippen LogP contribution in [0.4, 0.5) is 10.5 Å². The fraction of sp³-hybridized carbons (Fsp3) is 0.400. The molecule has 1 heterocycles. The fourth-order valence-corrected chi connectivity index (χ4v) is 4.97. The van der Waals surface area contributed by atoms with Crippen LogP contribution in [0.2, 0.25) is 0 Å². The summed E-state index contributed by atoms with van der Waals surface area (Å²) in [7, 11) is 4.77. The summed E-state index contributed by atoms with van der Waals surface area (Å²) < 4.78 is 21.5. The van der Waals surface area contributed by atoms with Crippen LogP contribution >= 0.6 is 11.3 Å². The lowest BCUT2D eigenvalue weighted by molar-refractivity contribution is -0.132. The van der Waals surface area contributed by atoms with Crippen molar-refractivity contribution in [2.75, 3.05) is 59.5 Å². The van der Waals surface area contributed by atoms with Crippen molar-refractivity contribution in [2.45, 2.75) is 26.8 Å². The summed E-state index contributed by atoms with van der Waals surface area (Å²) in [4.78, 5) is 31.3. The maximum Gasteiger partial charge on any atom is 0.322 e. The van der Waals surface area contributed by atoms with E-state index in [1.807, 2.05) is 43.5 Å². The first kappa shape index (κ1) is 30.8. The second-order valence-electron chi connectivity index (χ2n) is 9.08. The number of anilines is 1. The number of carbonyl (C=O) groups is 2. The Morgan fingerprint density at radius 2 is 1.68 bits per heavy atom. The van der Waals surface area contributed by atoms with Gasteiger partial charge in [-0.1, -0.05) is 6.07 Å². The van der Waals surface area contributed by atoms with Crippen LogP contribution in [-0.4, -0.2) is 75.9 Å². The normalized spacial score (nSPS) is 10.6. The molecule has 0 fully saturated rings. The van der Waals surface area contributed by atoms with Crippen LogP contribution in [0.15, 0.2) is 53.9 Å². The van der Waals surface area contributed by atoms with Gasteiger partial charge in [-0.25, -0.2) is 4.79 Å². The number of ether oxygens (including phenoxy) is 4. The lowest BCUT2D eigenvalue weighted by atomic mass is 10.1. The van der Waals surface area contributed by atoms with Gasteiger partial charge in [-0.3, -0.25) is 4.79 Å². The molecule has 2 aromatic carbocycles. The number of methoxy groups -OCH3 is 3. The molecule has 0 aliphatic heterocycles. The molecule has 0 atom stereocenters. The molecule has 0 bridgehead atoms. The molecular weight excluding hydrogens is 530 g/mol. The number of amides is 3. The minimum atomic E-state index is -0.373. The topological polar surface area (TPSA) is 89.6 Å². The monoisotopic (exact) mass is 569 g/mol. The quantitative estimate of drug-likeness (QED) is 0.270. The number of aryl methyl sites for hydroxylation is 1. The number of nitrogens with zero attached hydrogens (tertiary/aromatic N) is 2. The third-order valence-electron chi connectivity index (χ3n) is 6.37. The molecule has 0 unspecified atom stereocenters. The Morgan fingerprint density at radius 1 is 0.925 bits per heavy atom. The van der Waals surface area contributed by atoms with Crippen LogP contribution < -0.4 is 19.5 Å². The van der Waals surface area contributed by atoms with Crippen LogP contribution in [0.25, 0.3) is 0 Å². The van der Waals surface area contributed by atoms with E-state index in [0.717, 1.165) is 21.8 Å². The molecule has 1 aromatic heterocycles. The molecule has 1 N–H and O–H groups in total. The van der Waals surface area contributed by atoms with Crippen LogP contribution in [0.1, 0.15) is 22.9 Å². The van der Waals surface area contributed by atoms with Crippen molar-refractivity contribution in [3.05, 3.63) is 69.9 Å². The van der Waals surface area contributed by atoms with Crippen molar-refractivity contribution in [3.63, 3.8) is 0 Å². The molecule has 3 amide bonds. The number of hydrogen-bond donors (Lipinski definition) is 1.